The van der Waals surface area contributed by atoms with Crippen LogP contribution in [0.25, 0.3) is 0 Å². The number of oxime groups is 1. The minimum absolute atomic E-state index is 0.0120. The SMILES string of the molecule is CC(=O)N1CCc2cc(NC(=O)/C=N/O)ccc21. The summed E-state index contributed by atoms with van der Waals surface area (Å²) in [6.45, 7) is 2.20. The van der Waals surface area contributed by atoms with Crippen LogP contribution in [-0.4, -0.2) is 29.8 Å². The molecular weight excluding hydrogens is 234 g/mol. The van der Waals surface area contributed by atoms with Crippen molar-refractivity contribution in [3.63, 3.8) is 0 Å². The summed E-state index contributed by atoms with van der Waals surface area (Å²) in [5, 5.41) is 13.4. The van der Waals surface area contributed by atoms with Crippen LogP contribution in [0.2, 0.25) is 0 Å². The van der Waals surface area contributed by atoms with E-state index < -0.39 is 5.91 Å². The standard InChI is InChI=1S/C12H13N3O3/c1-8(16)15-5-4-9-6-10(2-3-11(9)15)14-12(17)7-13-18/h2-3,6-7,18H,4-5H2,1H3,(H,14,17)/b13-7+. The molecule has 0 fully saturated rings. The van der Waals surface area contributed by atoms with Crippen LogP contribution in [0, 0.1) is 0 Å². The predicted molar refractivity (Wildman–Crippen MR) is 67.1 cm³/mol. The number of rotatable bonds is 2. The first-order chi connectivity index (χ1) is 8.61. The number of benzene rings is 1. The van der Waals surface area contributed by atoms with Crippen LogP contribution in [0.15, 0.2) is 23.4 Å². The summed E-state index contributed by atoms with van der Waals surface area (Å²) in [5.41, 5.74) is 2.52. The van der Waals surface area contributed by atoms with Crippen LogP contribution in [0.5, 0.6) is 0 Å². The molecule has 1 aromatic rings. The van der Waals surface area contributed by atoms with Gasteiger partial charge in [0.1, 0.15) is 6.21 Å². The van der Waals surface area contributed by atoms with Crippen LogP contribution in [0.1, 0.15) is 12.5 Å². The number of fused-ring (bicyclic) bond motifs is 1. The van der Waals surface area contributed by atoms with Gasteiger partial charge in [-0.3, -0.25) is 9.59 Å². The van der Waals surface area contributed by atoms with E-state index in [1.807, 2.05) is 6.07 Å². The molecule has 0 bridgehead atoms. The fourth-order valence-corrected chi connectivity index (χ4v) is 2.03. The number of amides is 2. The van der Waals surface area contributed by atoms with Gasteiger partial charge in [0.15, 0.2) is 0 Å². The fraction of sp³-hybridized carbons (Fsp3) is 0.250. The molecule has 0 aliphatic carbocycles. The second-order valence-electron chi connectivity index (χ2n) is 4.00. The van der Waals surface area contributed by atoms with Crippen molar-refractivity contribution in [1.29, 1.82) is 0 Å². The van der Waals surface area contributed by atoms with Crippen molar-refractivity contribution >= 4 is 29.4 Å². The van der Waals surface area contributed by atoms with E-state index in [9.17, 15) is 9.59 Å². The number of anilines is 2. The molecule has 1 aliphatic rings. The van der Waals surface area contributed by atoms with Crippen molar-refractivity contribution in [1.82, 2.24) is 0 Å². The summed E-state index contributed by atoms with van der Waals surface area (Å²) in [6, 6.07) is 5.33. The highest BCUT2D eigenvalue weighted by molar-refractivity contribution is 6.31. The monoisotopic (exact) mass is 247 g/mol. The predicted octanol–water partition coefficient (Wildman–Crippen LogP) is 0.994. The third kappa shape index (κ3) is 2.32. The number of hydrogen-bond acceptors (Lipinski definition) is 4. The lowest BCUT2D eigenvalue weighted by atomic mass is 10.1. The van der Waals surface area contributed by atoms with Crippen LogP contribution in [-0.2, 0) is 16.0 Å². The van der Waals surface area contributed by atoms with E-state index >= 15 is 0 Å². The first-order valence-corrected chi connectivity index (χ1v) is 5.51. The lowest BCUT2D eigenvalue weighted by Crippen LogP contribution is -2.25. The molecule has 2 amide bonds. The normalized spacial score (nSPS) is 13.7. The van der Waals surface area contributed by atoms with E-state index in [-0.39, 0.29) is 5.91 Å². The number of carbonyl (C=O) groups is 2. The summed E-state index contributed by atoms with van der Waals surface area (Å²) < 4.78 is 0. The summed E-state index contributed by atoms with van der Waals surface area (Å²) in [6.07, 6.45) is 1.56. The first kappa shape index (κ1) is 12.1. The molecule has 0 radical (unpaired) electrons. The van der Waals surface area contributed by atoms with Gasteiger partial charge in [0.25, 0.3) is 5.91 Å². The van der Waals surface area contributed by atoms with Gasteiger partial charge in [0, 0.05) is 24.8 Å². The van der Waals surface area contributed by atoms with Crippen LogP contribution < -0.4 is 10.2 Å². The van der Waals surface area contributed by atoms with Crippen LogP contribution in [0.4, 0.5) is 11.4 Å². The summed E-state index contributed by atoms with van der Waals surface area (Å²) >= 11 is 0. The Bertz CT molecular complexity index is 525. The average molecular weight is 247 g/mol. The van der Waals surface area contributed by atoms with Gasteiger partial charge in [0.05, 0.1) is 0 Å². The van der Waals surface area contributed by atoms with Gasteiger partial charge in [-0.05, 0) is 30.2 Å². The zero-order chi connectivity index (χ0) is 13.1. The number of nitrogens with one attached hydrogen (secondary N) is 1. The zero-order valence-electron chi connectivity index (χ0n) is 9.88. The highest BCUT2D eigenvalue weighted by Crippen LogP contribution is 2.30. The van der Waals surface area contributed by atoms with Gasteiger partial charge < -0.3 is 15.4 Å². The molecule has 1 heterocycles. The van der Waals surface area contributed by atoms with E-state index in [1.165, 1.54) is 6.92 Å². The fourth-order valence-electron chi connectivity index (χ4n) is 2.03. The molecule has 1 aromatic carbocycles. The Morgan fingerprint density at radius 1 is 1.50 bits per heavy atom. The third-order valence-electron chi connectivity index (χ3n) is 2.80. The van der Waals surface area contributed by atoms with Crippen molar-refractivity contribution in [2.24, 2.45) is 5.16 Å². The lowest BCUT2D eigenvalue weighted by Gasteiger charge is -2.14. The minimum atomic E-state index is -0.501. The Kier molecular flexibility index (Phi) is 3.27. The van der Waals surface area contributed by atoms with Crippen molar-refractivity contribution in [2.45, 2.75) is 13.3 Å². The first-order valence-electron chi connectivity index (χ1n) is 5.51. The molecule has 0 unspecified atom stereocenters. The van der Waals surface area contributed by atoms with Crippen molar-refractivity contribution < 1.29 is 14.8 Å². The maximum absolute atomic E-state index is 11.4. The molecular formula is C12H13N3O3. The molecule has 2 rings (SSSR count). The van der Waals surface area contributed by atoms with E-state index in [0.29, 0.717) is 12.2 Å². The van der Waals surface area contributed by atoms with E-state index in [1.54, 1.807) is 17.0 Å². The Balaban J connectivity index is 2.19. The molecule has 2 N–H and O–H groups in total. The topological polar surface area (TPSA) is 82.0 Å². The molecule has 94 valence electrons. The smallest absolute Gasteiger partial charge is 0.270 e. The second-order valence-corrected chi connectivity index (χ2v) is 4.00. The minimum Gasteiger partial charge on any atom is -0.411 e. The molecule has 18 heavy (non-hydrogen) atoms. The van der Waals surface area contributed by atoms with Gasteiger partial charge in [0.2, 0.25) is 5.91 Å². The van der Waals surface area contributed by atoms with Crippen LogP contribution in [0.3, 0.4) is 0 Å². The van der Waals surface area contributed by atoms with Gasteiger partial charge in [-0.25, -0.2) is 0 Å². The summed E-state index contributed by atoms with van der Waals surface area (Å²) in [5.74, 6) is -0.489. The van der Waals surface area contributed by atoms with Gasteiger partial charge in [-0.15, -0.1) is 0 Å². The van der Waals surface area contributed by atoms with E-state index in [2.05, 4.69) is 10.5 Å². The van der Waals surface area contributed by atoms with Gasteiger partial charge >= 0.3 is 0 Å². The highest BCUT2D eigenvalue weighted by Gasteiger charge is 2.22. The maximum atomic E-state index is 11.4. The van der Waals surface area contributed by atoms with Crippen molar-refractivity contribution in [2.75, 3.05) is 16.8 Å². The number of carbonyl (C=O) groups excluding carboxylic acids is 2. The van der Waals surface area contributed by atoms with E-state index in [4.69, 9.17) is 5.21 Å². The molecule has 0 spiro atoms. The number of hydrogen-bond donors (Lipinski definition) is 2. The summed E-state index contributed by atoms with van der Waals surface area (Å²) in [4.78, 5) is 24.3. The Morgan fingerprint density at radius 2 is 2.28 bits per heavy atom. The Hall–Kier alpha value is -2.37. The van der Waals surface area contributed by atoms with Gasteiger partial charge in [-0.1, -0.05) is 5.16 Å². The Labute approximate surface area is 104 Å². The van der Waals surface area contributed by atoms with Crippen molar-refractivity contribution in [3.8, 4) is 0 Å². The molecule has 0 saturated heterocycles. The van der Waals surface area contributed by atoms with Crippen LogP contribution >= 0.6 is 0 Å². The van der Waals surface area contributed by atoms with Gasteiger partial charge in [-0.2, -0.15) is 0 Å². The molecule has 1 aliphatic heterocycles. The van der Waals surface area contributed by atoms with Crippen molar-refractivity contribution in [3.05, 3.63) is 23.8 Å². The maximum Gasteiger partial charge on any atom is 0.270 e. The van der Waals surface area contributed by atoms with E-state index in [0.717, 1.165) is 23.9 Å². The molecule has 6 nitrogen and oxygen atoms in total. The third-order valence-corrected chi connectivity index (χ3v) is 2.80. The molecule has 0 saturated carbocycles. The summed E-state index contributed by atoms with van der Waals surface area (Å²) in [7, 11) is 0. The zero-order valence-corrected chi connectivity index (χ0v) is 9.88. The lowest BCUT2D eigenvalue weighted by molar-refractivity contribution is -0.116. The second kappa shape index (κ2) is 4.87. The largest absolute Gasteiger partial charge is 0.411 e. The number of nitrogens with zero attached hydrogens (tertiary/aromatic N) is 2. The Morgan fingerprint density at radius 3 is 2.94 bits per heavy atom. The molecule has 0 aromatic heterocycles. The molecule has 6 heteroatoms. The molecule has 0 atom stereocenters. The highest BCUT2D eigenvalue weighted by atomic mass is 16.4. The quantitative estimate of drug-likeness (QED) is 0.464. The average Bonchev–Trinajstić information content (AvgIpc) is 2.72.